The molecule has 1 atom stereocenters. The fourth-order valence-electron chi connectivity index (χ4n) is 1.29. The zero-order chi connectivity index (χ0) is 22.5. The third kappa shape index (κ3) is 16.2. The molecule has 0 unspecified atom stereocenters. The second-order valence-corrected chi connectivity index (χ2v) is 5.15. The first-order valence-electron chi connectivity index (χ1n) is 8.31. The Labute approximate surface area is 172 Å². The zero-order valence-corrected chi connectivity index (χ0v) is 17.6. The Morgan fingerprint density at radius 1 is 1.50 bits per heavy atom. The van der Waals surface area contributed by atoms with Crippen LogP contribution in [0.5, 0.6) is 0 Å². The number of H-pyrrole nitrogens is 1. The number of aromatic nitrogens is 2. The Hall–Kier alpha value is -1.97. The number of methoxy groups -OCH3 is 1. The van der Waals surface area contributed by atoms with Gasteiger partial charge >= 0.3 is 5.97 Å². The summed E-state index contributed by atoms with van der Waals surface area (Å²) >= 11 is 4.99. The maximum Gasteiger partial charge on any atom is 0.321 e. The summed E-state index contributed by atoms with van der Waals surface area (Å²) in [5.74, 6) is 1.70. The molecule has 0 spiro atoms. The second-order valence-electron chi connectivity index (χ2n) is 4.76. The molecule has 0 aromatic carbocycles. The summed E-state index contributed by atoms with van der Waals surface area (Å²) in [6.45, 7) is 4.02. The van der Waals surface area contributed by atoms with E-state index in [-0.39, 0.29) is 23.7 Å². The zero-order valence-electron chi connectivity index (χ0n) is 16.8. The first kappa shape index (κ1) is 30.8. The van der Waals surface area contributed by atoms with Gasteiger partial charge in [0.05, 0.1) is 6.54 Å². The number of hydrogen-bond acceptors (Lipinski definition) is 8. The fraction of sp³-hybridized carbons (Fsp3) is 0.588. The summed E-state index contributed by atoms with van der Waals surface area (Å²) in [4.78, 5) is 23.7. The van der Waals surface area contributed by atoms with Crippen LogP contribution in [0.2, 0.25) is 0 Å². The predicted molar refractivity (Wildman–Crippen MR) is 111 cm³/mol. The fourth-order valence-corrected chi connectivity index (χ4v) is 1.53. The Kier molecular flexibility index (Phi) is 23.4. The van der Waals surface area contributed by atoms with Gasteiger partial charge in [0.1, 0.15) is 13.4 Å². The van der Waals surface area contributed by atoms with Gasteiger partial charge in [0, 0.05) is 33.0 Å². The van der Waals surface area contributed by atoms with Gasteiger partial charge < -0.3 is 30.0 Å². The lowest BCUT2D eigenvalue weighted by molar-refractivity contribution is -0.149. The van der Waals surface area contributed by atoms with E-state index in [0.717, 1.165) is 7.11 Å². The Morgan fingerprint density at radius 3 is 2.39 bits per heavy atom. The van der Waals surface area contributed by atoms with Crippen molar-refractivity contribution in [2.45, 2.75) is 39.2 Å². The number of carbonyl (C=O) groups is 1. The number of nitrogens with zero attached hydrogens (tertiary/aromatic N) is 1. The van der Waals surface area contributed by atoms with Gasteiger partial charge in [-0.1, -0.05) is 26.2 Å². The molecule has 0 aliphatic heterocycles. The molecule has 0 aliphatic carbocycles. The van der Waals surface area contributed by atoms with E-state index >= 15 is 0 Å². The van der Waals surface area contributed by atoms with Crippen molar-refractivity contribution in [2.24, 2.45) is 5.73 Å². The molecule has 0 amide bonds. The topological polar surface area (TPSA) is 140 Å². The van der Waals surface area contributed by atoms with Crippen LogP contribution in [0.1, 0.15) is 32.3 Å². The molecule has 0 aliphatic rings. The number of aromatic amines is 1. The van der Waals surface area contributed by atoms with E-state index in [2.05, 4.69) is 29.5 Å². The molecule has 0 fully saturated rings. The first-order valence-corrected chi connectivity index (χ1v) is 8.71. The number of esters is 1. The maximum atomic E-state index is 11.3. The molecule has 0 saturated carbocycles. The smallest absolute Gasteiger partial charge is 0.321 e. The van der Waals surface area contributed by atoms with Gasteiger partial charge in [-0.25, -0.2) is 0 Å². The summed E-state index contributed by atoms with van der Waals surface area (Å²) in [6, 6.07) is -0.358. The van der Waals surface area contributed by atoms with Crippen LogP contribution >= 0.6 is 12.2 Å². The van der Waals surface area contributed by atoms with E-state index in [1.807, 2.05) is 0 Å². The van der Waals surface area contributed by atoms with Gasteiger partial charge in [-0.15, -0.1) is 6.42 Å². The van der Waals surface area contributed by atoms with Crippen molar-refractivity contribution < 1.29 is 24.5 Å². The lowest BCUT2D eigenvalue weighted by Gasteiger charge is -2.11. The van der Waals surface area contributed by atoms with Crippen molar-refractivity contribution in [1.29, 1.82) is 0 Å². The van der Waals surface area contributed by atoms with Gasteiger partial charge in [0.2, 0.25) is 0 Å². The Morgan fingerprint density at radius 2 is 2.04 bits per heavy atom. The van der Waals surface area contributed by atoms with E-state index in [0.29, 0.717) is 17.7 Å². The average Bonchev–Trinajstić information content (AvgIpc) is 2.69. The number of hydrogen-bond donors (Lipinski definition) is 4. The molecule has 28 heavy (non-hydrogen) atoms. The molecule has 0 saturated heterocycles. The molecule has 5 N–H and O–H groups in total. The molecule has 1 rings (SSSR count). The Bertz CT molecular complexity index is 672. The highest BCUT2D eigenvalue weighted by Gasteiger charge is 2.03. The van der Waals surface area contributed by atoms with Crippen molar-refractivity contribution >= 4 is 26.0 Å². The summed E-state index contributed by atoms with van der Waals surface area (Å²) in [5, 5.41) is 14.9. The van der Waals surface area contributed by atoms with E-state index in [1.165, 1.54) is 13.5 Å². The monoisotopic (exact) mass is 415 g/mol. The summed E-state index contributed by atoms with van der Waals surface area (Å²) in [7, 11) is 8.12. The molecule has 11 heteroatoms. The number of nitrogens with one attached hydrogen (secondary N) is 1. The minimum Gasteiger partial charge on any atom is -0.438 e. The average molecular weight is 415 g/mol. The van der Waals surface area contributed by atoms with Crippen molar-refractivity contribution in [3.63, 3.8) is 0 Å². The summed E-state index contributed by atoms with van der Waals surface area (Å²) in [5.41, 5.74) is 4.67. The van der Waals surface area contributed by atoms with Crippen LogP contribution in [0, 0.1) is 17.1 Å². The third-order valence-corrected chi connectivity index (χ3v) is 2.85. The molecular formula is C17H30BN3O6S. The van der Waals surface area contributed by atoms with Gasteiger partial charge in [0.15, 0.2) is 11.6 Å². The van der Waals surface area contributed by atoms with Gasteiger partial charge in [0.25, 0.3) is 5.56 Å². The van der Waals surface area contributed by atoms with Crippen LogP contribution in [0.3, 0.4) is 0 Å². The second kappa shape index (κ2) is 21.3. The number of aryl methyl sites for hydroxylation is 1. The molecule has 1 aromatic heterocycles. The molecule has 9 nitrogen and oxygen atoms in total. The SMILES string of the molecule is CCC.CO.NCC(=O)OCO.[B][C@H](CCn1cc(C#C)c(=O)[nH]c1=S)OC. The maximum absolute atomic E-state index is 11.3. The van der Waals surface area contributed by atoms with E-state index < -0.39 is 12.8 Å². The van der Waals surface area contributed by atoms with Crippen LogP contribution in [0.15, 0.2) is 11.0 Å². The standard InChI is InChI=1S/C10H11BN2O2S.C3H7NO3.C3H8.CH4O/c1-3-7-6-13(5-4-8(11)15-2)10(16)12-9(7)14;4-1-3(6)7-2-5;1-3-2;1-2/h1,6,8H,4-5H2,2H3,(H,12,14,16);5H,1-2,4H2;3H2,1-2H3;2H,1H3/t8-;;;/m0.../s1. The normalized spacial score (nSPS) is 9.79. The van der Waals surface area contributed by atoms with E-state index in [4.69, 9.17) is 47.2 Å². The van der Waals surface area contributed by atoms with E-state index in [1.54, 1.807) is 10.8 Å². The first-order chi connectivity index (χ1) is 13.3. The molecule has 1 heterocycles. The van der Waals surface area contributed by atoms with Crippen LogP contribution in [-0.4, -0.2) is 67.1 Å². The number of nitrogens with two attached hydrogens (primary N) is 1. The van der Waals surface area contributed by atoms with E-state index in [9.17, 15) is 9.59 Å². The minimum absolute atomic E-state index is 0.180. The van der Waals surface area contributed by atoms with Crippen molar-refractivity contribution in [3.05, 3.63) is 26.9 Å². The highest BCUT2D eigenvalue weighted by atomic mass is 32.1. The largest absolute Gasteiger partial charge is 0.438 e. The van der Waals surface area contributed by atoms with Gasteiger partial charge in [-0.05, 0) is 18.6 Å². The van der Waals surface area contributed by atoms with Crippen molar-refractivity contribution in [3.8, 4) is 12.3 Å². The molecular weight excluding hydrogens is 385 g/mol. The molecule has 0 bridgehead atoms. The molecule has 1 aromatic rings. The summed E-state index contributed by atoms with van der Waals surface area (Å²) in [6.07, 6.45) is 8.56. The van der Waals surface area contributed by atoms with Gasteiger partial charge in [-0.3, -0.25) is 14.6 Å². The number of carbonyl (C=O) groups excluding carboxylic acids is 1. The van der Waals surface area contributed by atoms with Crippen LogP contribution < -0.4 is 11.3 Å². The van der Waals surface area contributed by atoms with Crippen LogP contribution in [0.25, 0.3) is 0 Å². The van der Waals surface area contributed by atoms with Gasteiger partial charge in [-0.2, -0.15) is 0 Å². The van der Waals surface area contributed by atoms with Crippen LogP contribution in [-0.2, 0) is 20.8 Å². The molecule has 2 radical (unpaired) electrons. The highest BCUT2D eigenvalue weighted by Crippen LogP contribution is 1.98. The minimum atomic E-state index is -0.595. The number of aliphatic hydroxyl groups is 2. The number of rotatable bonds is 6. The quantitative estimate of drug-likeness (QED) is 0.166. The van der Waals surface area contributed by atoms with Crippen molar-refractivity contribution in [1.82, 2.24) is 9.55 Å². The lowest BCUT2D eigenvalue weighted by atomic mass is 9.97. The van der Waals surface area contributed by atoms with Crippen LogP contribution in [0.4, 0.5) is 0 Å². The molecule has 158 valence electrons. The third-order valence-electron chi connectivity index (χ3n) is 2.52. The predicted octanol–water partition coefficient (Wildman–Crippen LogP) is -0.119. The number of terminal acetylenes is 1. The number of ether oxygens (including phenoxy) is 2. The highest BCUT2D eigenvalue weighted by molar-refractivity contribution is 7.71. The Balaban J connectivity index is -0.000000434. The summed E-state index contributed by atoms with van der Waals surface area (Å²) < 4.78 is 10.9. The lowest BCUT2D eigenvalue weighted by Crippen LogP contribution is -2.19. The number of aliphatic hydroxyl groups excluding tert-OH is 2. The van der Waals surface area contributed by atoms with Crippen molar-refractivity contribution in [2.75, 3.05) is 27.6 Å².